The summed E-state index contributed by atoms with van der Waals surface area (Å²) in [5, 5.41) is 11.7. The lowest BCUT2D eigenvalue weighted by Crippen LogP contribution is -2.38. The van der Waals surface area contributed by atoms with Gasteiger partial charge in [0.15, 0.2) is 0 Å². The van der Waals surface area contributed by atoms with Gasteiger partial charge in [0.25, 0.3) is 0 Å². The van der Waals surface area contributed by atoms with E-state index < -0.39 is 5.97 Å². The minimum absolute atomic E-state index is 0.205. The van der Waals surface area contributed by atoms with Crippen LogP contribution in [0.5, 0.6) is 0 Å². The highest BCUT2D eigenvalue weighted by Gasteiger charge is 2.19. The molecule has 0 unspecified atom stereocenters. The van der Waals surface area contributed by atoms with Crippen LogP contribution in [-0.2, 0) is 4.79 Å². The summed E-state index contributed by atoms with van der Waals surface area (Å²) < 4.78 is 0. The second-order valence-electron chi connectivity index (χ2n) is 3.38. The van der Waals surface area contributed by atoms with Gasteiger partial charge in [-0.05, 0) is 25.3 Å². The van der Waals surface area contributed by atoms with Gasteiger partial charge in [-0.15, -0.1) is 0 Å². The van der Waals surface area contributed by atoms with Crippen LogP contribution in [0.15, 0.2) is 0 Å². The van der Waals surface area contributed by atoms with E-state index >= 15 is 0 Å². The number of nitrogens with one attached hydrogen (secondary N) is 1. The summed E-state index contributed by atoms with van der Waals surface area (Å²) in [6.07, 6.45) is 2.45. The molecule has 1 heterocycles. The highest BCUT2D eigenvalue weighted by Crippen LogP contribution is 2.16. The van der Waals surface area contributed by atoms with E-state index in [1.165, 1.54) is 6.42 Å². The van der Waals surface area contributed by atoms with Gasteiger partial charge >= 0.3 is 5.97 Å². The van der Waals surface area contributed by atoms with Crippen LogP contribution in [0.25, 0.3) is 0 Å². The van der Waals surface area contributed by atoms with Gasteiger partial charge in [0.05, 0.1) is 6.42 Å². The number of hydrogen-bond acceptors (Lipinski definition) is 2. The van der Waals surface area contributed by atoms with Gasteiger partial charge in [-0.1, -0.05) is 6.92 Å². The van der Waals surface area contributed by atoms with E-state index in [-0.39, 0.29) is 12.5 Å². The third-order valence-electron chi connectivity index (χ3n) is 2.18. The molecule has 11 heavy (non-hydrogen) atoms. The first-order valence-corrected chi connectivity index (χ1v) is 4.13. The SMILES string of the molecule is C[C@H]1CCN[C@@H](CC(=O)O)C1. The van der Waals surface area contributed by atoms with Crippen molar-refractivity contribution in [1.82, 2.24) is 5.32 Å². The first kappa shape index (κ1) is 8.53. The Kier molecular flexibility index (Phi) is 2.88. The average molecular weight is 157 g/mol. The normalized spacial score (nSPS) is 31.7. The Bertz CT molecular complexity index is 147. The lowest BCUT2D eigenvalue weighted by Gasteiger charge is -2.26. The Hall–Kier alpha value is -0.570. The van der Waals surface area contributed by atoms with Gasteiger partial charge in [-0.2, -0.15) is 0 Å². The molecule has 1 fully saturated rings. The monoisotopic (exact) mass is 157 g/mol. The van der Waals surface area contributed by atoms with Crippen LogP contribution in [-0.4, -0.2) is 23.7 Å². The van der Waals surface area contributed by atoms with Crippen molar-refractivity contribution in [3.63, 3.8) is 0 Å². The number of aliphatic carboxylic acids is 1. The van der Waals surface area contributed by atoms with Crippen molar-refractivity contribution in [3.05, 3.63) is 0 Å². The van der Waals surface area contributed by atoms with E-state index in [0.717, 1.165) is 13.0 Å². The van der Waals surface area contributed by atoms with E-state index in [4.69, 9.17) is 5.11 Å². The quantitative estimate of drug-likeness (QED) is 0.624. The summed E-state index contributed by atoms with van der Waals surface area (Å²) in [5.41, 5.74) is 0. The molecule has 1 aliphatic heterocycles. The molecule has 3 nitrogen and oxygen atoms in total. The molecule has 0 aliphatic carbocycles. The molecule has 0 aromatic heterocycles. The molecule has 0 spiro atoms. The molecule has 1 aliphatic rings. The molecule has 64 valence electrons. The molecule has 1 rings (SSSR count). The zero-order valence-corrected chi connectivity index (χ0v) is 6.84. The van der Waals surface area contributed by atoms with E-state index in [1.807, 2.05) is 0 Å². The Morgan fingerprint density at radius 1 is 1.73 bits per heavy atom. The van der Waals surface area contributed by atoms with E-state index in [9.17, 15) is 4.79 Å². The lowest BCUT2D eigenvalue weighted by atomic mass is 9.93. The molecule has 3 heteroatoms. The number of hydrogen-bond donors (Lipinski definition) is 2. The number of carboxylic acid groups (broad SMARTS) is 1. The van der Waals surface area contributed by atoms with Gasteiger partial charge in [0.2, 0.25) is 0 Å². The maximum atomic E-state index is 10.3. The maximum Gasteiger partial charge on any atom is 0.304 e. The number of rotatable bonds is 2. The van der Waals surface area contributed by atoms with Crippen LogP contribution in [0.3, 0.4) is 0 Å². The zero-order valence-electron chi connectivity index (χ0n) is 6.84. The number of carbonyl (C=O) groups is 1. The number of piperidine rings is 1. The van der Waals surface area contributed by atoms with Gasteiger partial charge in [0.1, 0.15) is 0 Å². The molecule has 2 N–H and O–H groups in total. The average Bonchev–Trinajstić information content (AvgIpc) is 1.85. The third kappa shape index (κ3) is 2.89. The summed E-state index contributed by atoms with van der Waals surface area (Å²) in [6, 6.07) is 0.205. The van der Waals surface area contributed by atoms with Gasteiger partial charge < -0.3 is 10.4 Å². The van der Waals surface area contributed by atoms with Crippen molar-refractivity contribution in [1.29, 1.82) is 0 Å². The van der Waals surface area contributed by atoms with Crippen LogP contribution >= 0.6 is 0 Å². The molecule has 0 aromatic rings. The number of carboxylic acids is 1. The highest BCUT2D eigenvalue weighted by molar-refractivity contribution is 5.67. The Morgan fingerprint density at radius 2 is 2.45 bits per heavy atom. The first-order chi connectivity index (χ1) is 5.18. The van der Waals surface area contributed by atoms with Crippen LogP contribution < -0.4 is 5.32 Å². The molecule has 0 amide bonds. The van der Waals surface area contributed by atoms with E-state index in [2.05, 4.69) is 12.2 Å². The molecule has 0 radical (unpaired) electrons. The van der Waals surface area contributed by atoms with Crippen molar-refractivity contribution >= 4 is 5.97 Å². The fraction of sp³-hybridized carbons (Fsp3) is 0.875. The highest BCUT2D eigenvalue weighted by atomic mass is 16.4. The summed E-state index contributed by atoms with van der Waals surface area (Å²) in [4.78, 5) is 10.3. The third-order valence-corrected chi connectivity index (χ3v) is 2.18. The van der Waals surface area contributed by atoms with Crippen LogP contribution in [0.1, 0.15) is 26.2 Å². The molecular formula is C8H15NO2. The summed E-state index contributed by atoms with van der Waals surface area (Å²) in [7, 11) is 0. The lowest BCUT2D eigenvalue weighted by molar-refractivity contribution is -0.137. The fourth-order valence-corrected chi connectivity index (χ4v) is 1.59. The smallest absolute Gasteiger partial charge is 0.304 e. The molecule has 0 bridgehead atoms. The molecule has 1 saturated heterocycles. The summed E-state index contributed by atoms with van der Waals surface area (Å²) >= 11 is 0. The molecular weight excluding hydrogens is 142 g/mol. The first-order valence-electron chi connectivity index (χ1n) is 4.13. The van der Waals surface area contributed by atoms with Crippen molar-refractivity contribution in [2.75, 3.05) is 6.54 Å². The van der Waals surface area contributed by atoms with Gasteiger partial charge in [-0.25, -0.2) is 0 Å². The van der Waals surface area contributed by atoms with Gasteiger partial charge in [-0.3, -0.25) is 4.79 Å². The zero-order chi connectivity index (χ0) is 8.27. The van der Waals surface area contributed by atoms with E-state index in [0.29, 0.717) is 5.92 Å². The topological polar surface area (TPSA) is 49.3 Å². The van der Waals surface area contributed by atoms with Gasteiger partial charge in [0, 0.05) is 6.04 Å². The molecule has 0 saturated carbocycles. The van der Waals surface area contributed by atoms with E-state index in [1.54, 1.807) is 0 Å². The largest absolute Gasteiger partial charge is 0.481 e. The standard InChI is InChI=1S/C8H15NO2/c1-6-2-3-9-7(4-6)5-8(10)11/h6-7,9H,2-5H2,1H3,(H,10,11)/t6-,7+/m0/s1. The summed E-state index contributed by atoms with van der Waals surface area (Å²) in [6.45, 7) is 3.15. The second-order valence-corrected chi connectivity index (χ2v) is 3.38. The van der Waals surface area contributed by atoms with Crippen molar-refractivity contribution in [3.8, 4) is 0 Å². The maximum absolute atomic E-state index is 10.3. The minimum Gasteiger partial charge on any atom is -0.481 e. The van der Waals surface area contributed by atoms with Crippen LogP contribution in [0.2, 0.25) is 0 Å². The Balaban J connectivity index is 2.28. The Morgan fingerprint density at radius 3 is 3.00 bits per heavy atom. The molecule has 0 aromatic carbocycles. The molecule has 2 atom stereocenters. The van der Waals surface area contributed by atoms with Crippen molar-refractivity contribution in [2.24, 2.45) is 5.92 Å². The van der Waals surface area contributed by atoms with Crippen molar-refractivity contribution in [2.45, 2.75) is 32.2 Å². The second kappa shape index (κ2) is 3.72. The van der Waals surface area contributed by atoms with Crippen molar-refractivity contribution < 1.29 is 9.90 Å². The predicted octanol–water partition coefficient (Wildman–Crippen LogP) is 0.849. The van der Waals surface area contributed by atoms with Crippen LogP contribution in [0, 0.1) is 5.92 Å². The predicted molar refractivity (Wildman–Crippen MR) is 42.4 cm³/mol. The minimum atomic E-state index is -0.698. The Labute approximate surface area is 66.8 Å². The van der Waals surface area contributed by atoms with Crippen LogP contribution in [0.4, 0.5) is 0 Å². The summed E-state index contributed by atoms with van der Waals surface area (Å²) in [5.74, 6) is -0.0165. The fourth-order valence-electron chi connectivity index (χ4n) is 1.59.